The second-order valence-corrected chi connectivity index (χ2v) is 25.3. The summed E-state index contributed by atoms with van der Waals surface area (Å²) >= 11 is 0. The molecule has 66 heavy (non-hydrogen) atoms. The molecule has 4 aromatic carbocycles. The summed E-state index contributed by atoms with van der Waals surface area (Å²) in [5, 5.41) is 0. The molecule has 0 spiro atoms. The number of halogens is 4. The summed E-state index contributed by atoms with van der Waals surface area (Å²) in [6.45, 7) is 2.19. The van der Waals surface area contributed by atoms with Crippen molar-refractivity contribution in [3.8, 4) is 23.0 Å². The van der Waals surface area contributed by atoms with E-state index >= 15 is 0 Å². The van der Waals surface area contributed by atoms with Crippen LogP contribution in [0, 0.1) is 23.7 Å². The fraction of sp³-hybridized carbons (Fsp3) is 0.400. The van der Waals surface area contributed by atoms with Gasteiger partial charge in [-0.1, -0.05) is 0 Å². The SMILES string of the molecule is O=S(=O)(Cl)c1ccc(OCC2CCC(COc3ccc(S(=O)(=O)Cl)cc3)CC2)cc1.O=S(=O)([O-])c1ccc(OCC2CCC(COc3ccc(S(=O)(=O)[O-])cc3)CC2)cc1.O=S(Cl)Cl.[Na+].[Na+]. The van der Waals surface area contributed by atoms with Gasteiger partial charge in [0.15, 0.2) is 0 Å². The van der Waals surface area contributed by atoms with Crippen LogP contribution < -0.4 is 78.1 Å². The van der Waals surface area contributed by atoms with E-state index in [4.69, 9.17) is 44.5 Å². The predicted molar refractivity (Wildman–Crippen MR) is 240 cm³/mol. The van der Waals surface area contributed by atoms with Gasteiger partial charge in [-0.3, -0.25) is 0 Å². The average Bonchev–Trinajstić information content (AvgIpc) is 3.23. The number of rotatable bonds is 16. The zero-order chi connectivity index (χ0) is 47.1. The van der Waals surface area contributed by atoms with E-state index in [0.29, 0.717) is 73.1 Å². The maximum absolute atomic E-state index is 11.3. The van der Waals surface area contributed by atoms with Crippen molar-refractivity contribution in [3.63, 3.8) is 0 Å². The van der Waals surface area contributed by atoms with Crippen molar-refractivity contribution < 1.29 is 125 Å². The molecule has 2 fully saturated rings. The van der Waals surface area contributed by atoms with Gasteiger partial charge in [-0.2, -0.15) is 0 Å². The topological polar surface area (TPSA) is 237 Å². The van der Waals surface area contributed by atoms with Crippen LogP contribution in [0.15, 0.2) is 117 Å². The first-order valence-electron chi connectivity index (χ1n) is 19.4. The summed E-state index contributed by atoms with van der Waals surface area (Å²) in [6.07, 6.45) is 7.94. The molecule has 0 aromatic heterocycles. The van der Waals surface area contributed by atoms with E-state index in [1.165, 1.54) is 72.8 Å². The Morgan fingerprint density at radius 3 is 0.727 bits per heavy atom. The third-order valence-corrected chi connectivity index (χ3v) is 14.7. The minimum absolute atomic E-state index is 0. The van der Waals surface area contributed by atoms with Crippen LogP contribution in [0.4, 0.5) is 0 Å². The Hall–Kier alpha value is -0.890. The van der Waals surface area contributed by atoms with E-state index < -0.39 is 47.6 Å². The van der Waals surface area contributed by atoms with Gasteiger partial charge in [0.2, 0.25) is 9.23 Å². The van der Waals surface area contributed by atoms with E-state index in [1.54, 1.807) is 24.3 Å². The molecule has 0 aliphatic heterocycles. The maximum atomic E-state index is 11.3. The van der Waals surface area contributed by atoms with Gasteiger partial charge < -0.3 is 28.1 Å². The summed E-state index contributed by atoms with van der Waals surface area (Å²) < 4.78 is 143. The van der Waals surface area contributed by atoms with Crippen molar-refractivity contribution in [2.24, 2.45) is 23.7 Å². The minimum atomic E-state index is -4.45. The first-order chi connectivity index (χ1) is 30.0. The second-order valence-electron chi connectivity index (χ2n) is 14.9. The molecule has 2 aliphatic rings. The number of benzene rings is 4. The van der Waals surface area contributed by atoms with Gasteiger partial charge >= 0.3 is 59.1 Å². The van der Waals surface area contributed by atoms with E-state index in [-0.39, 0.29) is 78.7 Å². The Labute approximate surface area is 451 Å². The largest absolute Gasteiger partial charge is 1.00 e. The summed E-state index contributed by atoms with van der Waals surface area (Å²) in [5.41, 5.74) is 0. The van der Waals surface area contributed by atoms with Gasteiger partial charge in [0.1, 0.15) is 43.2 Å². The van der Waals surface area contributed by atoms with Gasteiger partial charge in [0.05, 0.1) is 46.0 Å². The molecule has 0 saturated heterocycles. The van der Waals surface area contributed by atoms with Gasteiger partial charge in [0.25, 0.3) is 18.1 Å². The number of ether oxygens (including phenoxy) is 4. The third kappa shape index (κ3) is 22.9. The van der Waals surface area contributed by atoms with E-state index in [2.05, 4.69) is 21.4 Å². The molecule has 0 bridgehead atoms. The molecule has 2 saturated carbocycles. The van der Waals surface area contributed by atoms with Crippen LogP contribution in [0.2, 0.25) is 0 Å². The van der Waals surface area contributed by atoms with Crippen molar-refractivity contribution in [2.75, 3.05) is 26.4 Å². The first kappa shape index (κ1) is 61.2. The molecule has 0 heterocycles. The molecule has 354 valence electrons. The Morgan fingerprint density at radius 2 is 0.576 bits per heavy atom. The summed E-state index contributed by atoms with van der Waals surface area (Å²) in [5.74, 6) is 3.92. The van der Waals surface area contributed by atoms with E-state index in [0.717, 1.165) is 51.4 Å². The molecule has 26 heteroatoms. The van der Waals surface area contributed by atoms with E-state index in [1.807, 2.05) is 0 Å². The van der Waals surface area contributed by atoms with Crippen LogP contribution in [0.3, 0.4) is 0 Å². The molecular formula is C40H44Cl4Na2O15S5. The Kier molecular flexibility index (Phi) is 26.7. The van der Waals surface area contributed by atoms with Crippen LogP contribution >= 0.6 is 42.7 Å². The maximum Gasteiger partial charge on any atom is 1.00 e. The second kappa shape index (κ2) is 28.8. The average molecular weight is 1110 g/mol. The molecule has 0 amide bonds. The zero-order valence-corrected chi connectivity index (χ0v) is 46.8. The zero-order valence-electron chi connectivity index (χ0n) is 35.7. The summed E-state index contributed by atoms with van der Waals surface area (Å²) in [6, 6.07) is 23.0. The van der Waals surface area contributed by atoms with Crippen molar-refractivity contribution in [2.45, 2.75) is 70.9 Å². The van der Waals surface area contributed by atoms with Gasteiger partial charge in [-0.15, -0.1) is 0 Å². The summed E-state index contributed by atoms with van der Waals surface area (Å²) in [4.78, 5) is -0.453. The van der Waals surface area contributed by atoms with Gasteiger partial charge in [-0.05, 0) is 172 Å². The van der Waals surface area contributed by atoms with Crippen molar-refractivity contribution in [1.29, 1.82) is 0 Å². The van der Waals surface area contributed by atoms with Crippen LogP contribution in [0.25, 0.3) is 0 Å². The summed E-state index contributed by atoms with van der Waals surface area (Å²) in [7, 11) is 1.61. The van der Waals surface area contributed by atoms with Crippen molar-refractivity contribution in [1.82, 2.24) is 0 Å². The molecule has 0 radical (unpaired) electrons. The van der Waals surface area contributed by atoms with E-state index in [9.17, 15) is 42.8 Å². The molecular weight excluding hydrogens is 1070 g/mol. The third-order valence-electron chi connectivity index (χ3n) is 10.3. The molecule has 15 nitrogen and oxygen atoms in total. The quantitative estimate of drug-likeness (QED) is 0.0891. The fourth-order valence-corrected chi connectivity index (χ4v) is 9.27. The standard InChI is InChI=1S/C20H22Cl2O6S2.C20H24O8S2.Cl2OS.2Na/c21-29(23,24)19-9-5-17(6-10-19)27-13-15-1-2-16(4-3-15)14-28-18-7-11-20(12-8-18)30(22,25)26;21-29(22,23)19-9-5-17(6-10-19)27-13-15-1-2-16(4-3-15)14-28-18-7-11-20(12-8-18)30(24,25)26;1-4(2)3;;/h5-12,15-16H,1-4,13-14H2;5-12,15-16H,1-4,13-14H2,(H,21,22,23)(H,24,25,26);;;/q;;;2*+1/p-2. The smallest absolute Gasteiger partial charge is 0.744 e. The molecule has 4 aromatic rings. The molecule has 0 unspecified atom stereocenters. The number of hydrogen-bond acceptors (Lipinski definition) is 15. The molecule has 0 N–H and O–H groups in total. The van der Waals surface area contributed by atoms with Crippen molar-refractivity contribution in [3.05, 3.63) is 97.1 Å². The number of hydrogen-bond donors (Lipinski definition) is 0. The van der Waals surface area contributed by atoms with Crippen LogP contribution in [0.1, 0.15) is 51.4 Å². The minimum Gasteiger partial charge on any atom is -0.744 e. The van der Waals surface area contributed by atoms with Crippen LogP contribution in [-0.4, -0.2) is 73.4 Å². The fourth-order valence-electron chi connectivity index (χ4n) is 6.79. The Morgan fingerprint density at radius 1 is 0.409 bits per heavy atom. The Balaban J connectivity index is 0.000000408. The normalized spacial score (nSPS) is 18.7. The van der Waals surface area contributed by atoms with Gasteiger partial charge in [-0.25, -0.2) is 37.9 Å². The first-order valence-corrected chi connectivity index (χ1v) is 29.7. The molecule has 2 aliphatic carbocycles. The van der Waals surface area contributed by atoms with Crippen LogP contribution in [-0.2, 0) is 47.6 Å². The predicted octanol–water partition coefficient (Wildman–Crippen LogP) is 2.62. The van der Waals surface area contributed by atoms with Gasteiger partial charge in [0, 0.05) is 42.7 Å². The molecule has 0 atom stereocenters. The molecule has 6 rings (SSSR count). The monoisotopic (exact) mass is 1110 g/mol. The van der Waals surface area contributed by atoms with Crippen molar-refractivity contribution >= 4 is 90.3 Å². The Bertz CT molecular complexity index is 2210. The van der Waals surface area contributed by atoms with Crippen LogP contribution in [0.5, 0.6) is 23.0 Å².